The molecule has 0 atom stereocenters. The van der Waals surface area contributed by atoms with Crippen molar-refractivity contribution in [2.75, 3.05) is 18.9 Å². The van der Waals surface area contributed by atoms with E-state index in [0.717, 1.165) is 27.9 Å². The maximum atomic E-state index is 13.1. The molecule has 260 valence electrons. The smallest absolute Gasteiger partial charge is 0.343 e. The van der Waals surface area contributed by atoms with E-state index in [0.29, 0.717) is 35.2 Å². The van der Waals surface area contributed by atoms with Gasteiger partial charge in [-0.1, -0.05) is 60.7 Å². The SMILES string of the molecule is CCOC(=O)c1cn(CC)c2ccc(N)cc2c1=O.CCOC(=O)c1cn(CC)c2ccc(N=C(c3ccccc3)c3ccccc3)cc2c1=O. The van der Waals surface area contributed by atoms with Crippen LogP contribution in [0.2, 0.25) is 0 Å². The monoisotopic (exact) mass is 684 g/mol. The Balaban J connectivity index is 0.000000226. The minimum atomic E-state index is -0.607. The summed E-state index contributed by atoms with van der Waals surface area (Å²) in [5.74, 6) is -1.20. The molecule has 0 bridgehead atoms. The van der Waals surface area contributed by atoms with Crippen LogP contribution in [0.1, 0.15) is 59.5 Å². The van der Waals surface area contributed by atoms with Crippen molar-refractivity contribution < 1.29 is 19.1 Å². The van der Waals surface area contributed by atoms with E-state index in [9.17, 15) is 19.2 Å². The zero-order valence-corrected chi connectivity index (χ0v) is 29.1. The quantitative estimate of drug-likeness (QED) is 0.0971. The molecule has 0 fully saturated rings. The molecule has 2 N–H and O–H groups in total. The van der Waals surface area contributed by atoms with Gasteiger partial charge in [0.25, 0.3) is 0 Å². The van der Waals surface area contributed by atoms with Crippen molar-refractivity contribution in [3.63, 3.8) is 0 Å². The van der Waals surface area contributed by atoms with Crippen molar-refractivity contribution in [2.45, 2.75) is 40.8 Å². The van der Waals surface area contributed by atoms with Gasteiger partial charge in [-0.2, -0.15) is 0 Å². The van der Waals surface area contributed by atoms with Crippen LogP contribution in [0.15, 0.2) is 124 Å². The third kappa shape index (κ3) is 7.96. The lowest BCUT2D eigenvalue weighted by molar-refractivity contribution is 0.0514. The van der Waals surface area contributed by atoms with Crippen molar-refractivity contribution in [1.82, 2.24) is 9.13 Å². The first-order chi connectivity index (χ1) is 24.7. The highest BCUT2D eigenvalue weighted by atomic mass is 16.5. The van der Waals surface area contributed by atoms with E-state index in [-0.39, 0.29) is 35.2 Å². The molecule has 6 aromatic rings. The van der Waals surface area contributed by atoms with Crippen molar-refractivity contribution in [3.8, 4) is 0 Å². The Morgan fingerprint density at radius 2 is 1.08 bits per heavy atom. The Bertz CT molecular complexity index is 2300. The second-order valence-electron chi connectivity index (χ2n) is 11.4. The number of nitrogens with two attached hydrogens (primary N) is 1. The average molecular weight is 685 g/mol. The lowest BCUT2D eigenvalue weighted by Crippen LogP contribution is -2.20. The molecule has 10 heteroatoms. The molecule has 51 heavy (non-hydrogen) atoms. The van der Waals surface area contributed by atoms with Crippen LogP contribution in [0, 0.1) is 0 Å². The predicted octanol–water partition coefficient (Wildman–Crippen LogP) is 7.15. The minimum absolute atomic E-state index is 0.0358. The number of aliphatic imine (C=N–C) groups is 1. The maximum absolute atomic E-state index is 13.1. The number of benzene rings is 4. The van der Waals surface area contributed by atoms with E-state index in [1.807, 2.05) is 95.8 Å². The number of hydrogen-bond donors (Lipinski definition) is 1. The summed E-state index contributed by atoms with van der Waals surface area (Å²) < 4.78 is 13.7. The fourth-order valence-electron chi connectivity index (χ4n) is 5.72. The van der Waals surface area contributed by atoms with Crippen LogP contribution >= 0.6 is 0 Å². The Hall–Kier alpha value is -6.29. The van der Waals surface area contributed by atoms with Crippen LogP contribution in [0.4, 0.5) is 11.4 Å². The standard InChI is InChI=1S/C27H24N2O3.C14H16N2O3/c1-3-29-18-23(27(31)32-4-2)26(30)22-17-21(15-16-24(22)29)28-25(19-11-7-5-8-12-19)20-13-9-6-10-14-20;1-3-16-8-11(14(18)19-4-2)13(17)10-7-9(15)5-6-12(10)16/h5-18H,3-4H2,1-2H3;5-8H,3-4,15H2,1-2H3. The number of anilines is 1. The fourth-order valence-corrected chi connectivity index (χ4v) is 5.72. The molecular weight excluding hydrogens is 644 g/mol. The fraction of sp³-hybridized carbons (Fsp3) is 0.195. The number of hydrogen-bond acceptors (Lipinski definition) is 8. The summed E-state index contributed by atoms with van der Waals surface area (Å²) in [5, 5.41) is 0.881. The maximum Gasteiger partial charge on any atom is 0.343 e. The number of fused-ring (bicyclic) bond motifs is 2. The number of pyridine rings is 2. The zero-order valence-electron chi connectivity index (χ0n) is 29.1. The molecule has 2 aromatic heterocycles. The van der Waals surface area contributed by atoms with Crippen LogP contribution in [0.5, 0.6) is 0 Å². The van der Waals surface area contributed by atoms with Gasteiger partial charge in [0.1, 0.15) is 11.1 Å². The number of aryl methyl sites for hydroxylation is 2. The highest BCUT2D eigenvalue weighted by Crippen LogP contribution is 2.23. The molecule has 0 unspecified atom stereocenters. The number of carbonyl (C=O) groups excluding carboxylic acids is 2. The average Bonchev–Trinajstić information content (AvgIpc) is 3.15. The molecule has 0 amide bonds. The number of ether oxygens (including phenoxy) is 2. The van der Waals surface area contributed by atoms with Crippen molar-refractivity contribution >= 4 is 50.8 Å². The lowest BCUT2D eigenvalue weighted by Gasteiger charge is -2.12. The third-order valence-corrected chi connectivity index (χ3v) is 8.18. The van der Waals surface area contributed by atoms with Crippen LogP contribution in [0.25, 0.3) is 21.8 Å². The van der Waals surface area contributed by atoms with Gasteiger partial charge in [-0.05, 0) is 64.1 Å². The van der Waals surface area contributed by atoms with Crippen LogP contribution in [-0.4, -0.2) is 40.0 Å². The number of nitrogen functional groups attached to an aromatic ring is 1. The molecular formula is C41H40N4O6. The molecule has 0 spiro atoms. The number of nitrogens with zero attached hydrogens (tertiary/aromatic N) is 3. The van der Waals surface area contributed by atoms with Gasteiger partial charge < -0.3 is 24.3 Å². The van der Waals surface area contributed by atoms with Crippen LogP contribution in [-0.2, 0) is 22.6 Å². The van der Waals surface area contributed by atoms with Gasteiger partial charge in [0.2, 0.25) is 10.9 Å². The zero-order chi connectivity index (χ0) is 36.5. The minimum Gasteiger partial charge on any atom is -0.462 e. The summed E-state index contributed by atoms with van der Waals surface area (Å²) in [6.07, 6.45) is 3.11. The van der Waals surface area contributed by atoms with Gasteiger partial charge in [-0.25, -0.2) is 14.6 Å². The van der Waals surface area contributed by atoms with E-state index in [2.05, 4.69) is 0 Å². The predicted molar refractivity (Wildman–Crippen MR) is 202 cm³/mol. The Morgan fingerprint density at radius 3 is 1.53 bits per heavy atom. The second kappa shape index (κ2) is 16.4. The van der Waals surface area contributed by atoms with Gasteiger partial charge in [0.15, 0.2) is 0 Å². The molecule has 6 rings (SSSR count). The molecule has 0 aliphatic heterocycles. The second-order valence-corrected chi connectivity index (χ2v) is 11.4. The van der Waals surface area contributed by atoms with Gasteiger partial charge in [0.05, 0.1) is 35.6 Å². The summed E-state index contributed by atoms with van der Waals surface area (Å²) >= 11 is 0. The normalized spacial score (nSPS) is 10.7. The molecule has 2 heterocycles. The Morgan fingerprint density at radius 1 is 0.627 bits per heavy atom. The van der Waals surface area contributed by atoms with Crippen LogP contribution < -0.4 is 16.6 Å². The highest BCUT2D eigenvalue weighted by molar-refractivity contribution is 6.14. The summed E-state index contributed by atoms with van der Waals surface area (Å²) in [7, 11) is 0. The van der Waals surface area contributed by atoms with E-state index in [1.54, 1.807) is 50.5 Å². The highest BCUT2D eigenvalue weighted by Gasteiger charge is 2.18. The first kappa shape index (κ1) is 36.0. The topological polar surface area (TPSA) is 135 Å². The van der Waals surface area contributed by atoms with Crippen LogP contribution in [0.3, 0.4) is 0 Å². The summed E-state index contributed by atoms with van der Waals surface area (Å²) in [6.45, 7) is 9.04. The third-order valence-electron chi connectivity index (χ3n) is 8.18. The van der Waals surface area contributed by atoms with Crippen molar-refractivity contribution in [1.29, 1.82) is 0 Å². The van der Waals surface area contributed by atoms with Crippen molar-refractivity contribution in [2.24, 2.45) is 4.99 Å². The first-order valence-corrected chi connectivity index (χ1v) is 16.8. The molecule has 10 nitrogen and oxygen atoms in total. The van der Waals surface area contributed by atoms with E-state index < -0.39 is 11.9 Å². The first-order valence-electron chi connectivity index (χ1n) is 16.8. The van der Waals surface area contributed by atoms with Gasteiger partial charge in [-0.3, -0.25) is 9.59 Å². The largest absolute Gasteiger partial charge is 0.462 e. The van der Waals surface area contributed by atoms with E-state index >= 15 is 0 Å². The summed E-state index contributed by atoms with van der Waals surface area (Å²) in [6, 6.07) is 30.5. The lowest BCUT2D eigenvalue weighted by atomic mass is 10.0. The molecule has 0 radical (unpaired) electrons. The van der Waals surface area contributed by atoms with E-state index in [4.69, 9.17) is 20.2 Å². The van der Waals surface area contributed by atoms with E-state index in [1.165, 1.54) is 0 Å². The number of rotatable bonds is 9. The molecule has 0 aliphatic rings. The Kier molecular flexibility index (Phi) is 11.6. The van der Waals surface area contributed by atoms with Gasteiger partial charge >= 0.3 is 11.9 Å². The number of aromatic nitrogens is 2. The molecule has 0 saturated heterocycles. The van der Waals surface area contributed by atoms with Gasteiger partial charge in [-0.15, -0.1) is 0 Å². The summed E-state index contributed by atoms with van der Waals surface area (Å²) in [5.41, 5.74) is 10.5. The van der Waals surface area contributed by atoms with Gasteiger partial charge in [0, 0.05) is 53.1 Å². The molecule has 4 aromatic carbocycles. The molecule has 0 saturated carbocycles. The molecule has 0 aliphatic carbocycles. The number of esters is 2. The number of carbonyl (C=O) groups is 2. The Labute approximate surface area is 295 Å². The summed E-state index contributed by atoms with van der Waals surface area (Å²) in [4.78, 5) is 54.5. The van der Waals surface area contributed by atoms with Crippen molar-refractivity contribution in [3.05, 3.63) is 152 Å².